The van der Waals surface area contributed by atoms with Gasteiger partial charge >= 0.3 is 5.97 Å². The van der Waals surface area contributed by atoms with Gasteiger partial charge in [0.05, 0.1) is 30.3 Å². The molecule has 2 amide bonds. The SMILES string of the molecule is CCOc1ccc(C(=O)COC(=O)c2ccc(N3C(=O)CC(N4CCN(CC)CC4)C3=O)cc2)cc1. The molecule has 0 radical (unpaired) electrons. The normalized spacial score (nSPS) is 18.9. The van der Waals surface area contributed by atoms with Gasteiger partial charge in [-0.15, -0.1) is 0 Å². The Bertz CT molecular complexity index is 1110. The van der Waals surface area contributed by atoms with Crippen molar-refractivity contribution in [2.24, 2.45) is 0 Å². The molecule has 9 nitrogen and oxygen atoms in total. The third-order valence-corrected chi connectivity index (χ3v) is 6.60. The van der Waals surface area contributed by atoms with Crippen LogP contribution in [0.25, 0.3) is 0 Å². The van der Waals surface area contributed by atoms with Crippen molar-refractivity contribution in [3.05, 3.63) is 59.7 Å². The number of carbonyl (C=O) groups is 4. The average molecular weight is 494 g/mol. The standard InChI is InChI=1S/C27H31N3O6/c1-3-28-13-15-29(16-14-28)23-17-25(32)30(26(23)33)21-9-5-20(6-10-21)27(34)36-18-24(31)19-7-11-22(12-8-19)35-4-2/h5-12,23H,3-4,13-18H2,1-2H3. The number of nitrogens with zero attached hydrogens (tertiary/aromatic N) is 3. The number of amides is 2. The summed E-state index contributed by atoms with van der Waals surface area (Å²) < 4.78 is 10.5. The smallest absolute Gasteiger partial charge is 0.338 e. The largest absolute Gasteiger partial charge is 0.494 e. The maximum Gasteiger partial charge on any atom is 0.338 e. The highest BCUT2D eigenvalue weighted by atomic mass is 16.5. The van der Waals surface area contributed by atoms with Gasteiger partial charge in [0.2, 0.25) is 5.91 Å². The first-order chi connectivity index (χ1) is 17.4. The van der Waals surface area contributed by atoms with E-state index in [1.165, 1.54) is 17.0 Å². The number of piperazine rings is 1. The van der Waals surface area contributed by atoms with Gasteiger partial charge in [0.1, 0.15) is 5.75 Å². The first kappa shape index (κ1) is 25.5. The molecule has 2 heterocycles. The number of likely N-dealkylation sites (N-methyl/N-ethyl adjacent to an activating group) is 1. The molecule has 1 atom stereocenters. The molecule has 0 aliphatic carbocycles. The monoisotopic (exact) mass is 493 g/mol. The van der Waals surface area contributed by atoms with E-state index in [0.717, 1.165) is 32.7 Å². The number of rotatable bonds is 9. The summed E-state index contributed by atoms with van der Waals surface area (Å²) in [6.07, 6.45) is 0.155. The summed E-state index contributed by atoms with van der Waals surface area (Å²) in [4.78, 5) is 56.1. The van der Waals surface area contributed by atoms with E-state index in [9.17, 15) is 19.2 Å². The number of hydrogen-bond donors (Lipinski definition) is 0. The lowest BCUT2D eigenvalue weighted by Gasteiger charge is -2.36. The van der Waals surface area contributed by atoms with Gasteiger partial charge in [0, 0.05) is 31.7 Å². The van der Waals surface area contributed by atoms with Crippen molar-refractivity contribution in [1.29, 1.82) is 0 Å². The third kappa shape index (κ3) is 5.63. The van der Waals surface area contributed by atoms with Crippen molar-refractivity contribution in [2.75, 3.05) is 50.8 Å². The molecule has 36 heavy (non-hydrogen) atoms. The van der Waals surface area contributed by atoms with E-state index in [2.05, 4.69) is 16.7 Å². The topological polar surface area (TPSA) is 96.5 Å². The van der Waals surface area contributed by atoms with Crippen molar-refractivity contribution in [3.63, 3.8) is 0 Å². The maximum absolute atomic E-state index is 13.1. The van der Waals surface area contributed by atoms with Crippen molar-refractivity contribution in [3.8, 4) is 5.75 Å². The van der Waals surface area contributed by atoms with Crippen molar-refractivity contribution >= 4 is 29.3 Å². The number of ketones is 1. The summed E-state index contributed by atoms with van der Waals surface area (Å²) >= 11 is 0. The second-order valence-electron chi connectivity index (χ2n) is 8.76. The predicted octanol–water partition coefficient (Wildman–Crippen LogP) is 2.39. The fourth-order valence-electron chi connectivity index (χ4n) is 4.51. The van der Waals surface area contributed by atoms with Gasteiger partial charge in [-0.25, -0.2) is 9.69 Å². The zero-order valence-corrected chi connectivity index (χ0v) is 20.6. The Morgan fingerprint density at radius 3 is 2.14 bits per heavy atom. The Labute approximate surface area is 210 Å². The fraction of sp³-hybridized carbons (Fsp3) is 0.407. The van der Waals surface area contributed by atoms with E-state index in [4.69, 9.17) is 9.47 Å². The molecule has 1 unspecified atom stereocenters. The van der Waals surface area contributed by atoms with Gasteiger partial charge in [-0.05, 0) is 62.0 Å². The van der Waals surface area contributed by atoms with Gasteiger partial charge in [-0.1, -0.05) is 6.92 Å². The van der Waals surface area contributed by atoms with E-state index >= 15 is 0 Å². The molecule has 2 aliphatic rings. The first-order valence-electron chi connectivity index (χ1n) is 12.3. The van der Waals surface area contributed by atoms with Gasteiger partial charge in [-0.2, -0.15) is 0 Å². The summed E-state index contributed by atoms with van der Waals surface area (Å²) in [5.41, 5.74) is 1.06. The zero-order chi connectivity index (χ0) is 25.7. The van der Waals surface area contributed by atoms with Crippen molar-refractivity contribution < 1.29 is 28.7 Å². The third-order valence-electron chi connectivity index (χ3n) is 6.60. The van der Waals surface area contributed by atoms with E-state index < -0.39 is 18.6 Å². The molecule has 2 aromatic carbocycles. The van der Waals surface area contributed by atoms with E-state index in [0.29, 0.717) is 23.6 Å². The number of hydrogen-bond acceptors (Lipinski definition) is 8. The number of esters is 1. The van der Waals surface area contributed by atoms with Crippen LogP contribution in [0.1, 0.15) is 41.0 Å². The van der Waals surface area contributed by atoms with Crippen LogP contribution in [-0.2, 0) is 14.3 Å². The van der Waals surface area contributed by atoms with Crippen LogP contribution in [0.2, 0.25) is 0 Å². The minimum atomic E-state index is -0.661. The van der Waals surface area contributed by atoms with Crippen LogP contribution in [0.15, 0.2) is 48.5 Å². The highest BCUT2D eigenvalue weighted by Crippen LogP contribution is 2.27. The van der Waals surface area contributed by atoms with Gasteiger partial charge < -0.3 is 14.4 Å². The van der Waals surface area contributed by atoms with E-state index in [-0.39, 0.29) is 29.6 Å². The van der Waals surface area contributed by atoms with E-state index in [1.807, 2.05) is 6.92 Å². The molecular formula is C27H31N3O6. The molecule has 2 fully saturated rings. The molecule has 2 aliphatic heterocycles. The minimum absolute atomic E-state index is 0.155. The molecule has 2 saturated heterocycles. The Balaban J connectivity index is 1.33. The molecular weight excluding hydrogens is 462 g/mol. The Kier molecular flexibility index (Phi) is 8.12. The molecule has 0 saturated carbocycles. The molecule has 9 heteroatoms. The highest BCUT2D eigenvalue weighted by Gasteiger charge is 2.43. The van der Waals surface area contributed by atoms with Gasteiger partial charge in [-0.3, -0.25) is 19.3 Å². The number of ether oxygens (including phenoxy) is 2. The van der Waals surface area contributed by atoms with Crippen LogP contribution in [0.4, 0.5) is 5.69 Å². The zero-order valence-electron chi connectivity index (χ0n) is 20.6. The first-order valence-corrected chi connectivity index (χ1v) is 12.3. The summed E-state index contributed by atoms with van der Waals surface area (Å²) in [5.74, 6) is -0.819. The number of benzene rings is 2. The quantitative estimate of drug-likeness (QED) is 0.299. The Hall–Kier alpha value is -3.56. The second kappa shape index (κ2) is 11.5. The van der Waals surface area contributed by atoms with Gasteiger partial charge in [0.15, 0.2) is 12.4 Å². The van der Waals surface area contributed by atoms with Crippen LogP contribution < -0.4 is 9.64 Å². The summed E-state index contributed by atoms with van der Waals surface area (Å²) in [5, 5.41) is 0. The summed E-state index contributed by atoms with van der Waals surface area (Å²) in [7, 11) is 0. The second-order valence-corrected chi connectivity index (χ2v) is 8.76. The fourth-order valence-corrected chi connectivity index (χ4v) is 4.51. The van der Waals surface area contributed by atoms with Gasteiger partial charge in [0.25, 0.3) is 5.91 Å². The lowest BCUT2D eigenvalue weighted by molar-refractivity contribution is -0.123. The average Bonchev–Trinajstić information content (AvgIpc) is 3.21. The van der Waals surface area contributed by atoms with E-state index in [1.54, 1.807) is 36.4 Å². The van der Waals surface area contributed by atoms with Crippen LogP contribution in [0.5, 0.6) is 5.75 Å². The summed E-state index contributed by atoms with van der Waals surface area (Å²) in [6.45, 7) is 8.36. The number of imide groups is 1. The Morgan fingerprint density at radius 2 is 1.53 bits per heavy atom. The number of carbonyl (C=O) groups excluding carboxylic acids is 4. The molecule has 4 rings (SSSR count). The number of anilines is 1. The lowest BCUT2D eigenvalue weighted by atomic mass is 10.1. The molecule has 0 aromatic heterocycles. The molecule has 0 bridgehead atoms. The predicted molar refractivity (Wildman–Crippen MR) is 133 cm³/mol. The molecule has 0 spiro atoms. The maximum atomic E-state index is 13.1. The van der Waals surface area contributed by atoms with Crippen molar-refractivity contribution in [1.82, 2.24) is 9.80 Å². The molecule has 0 N–H and O–H groups in total. The molecule has 190 valence electrons. The minimum Gasteiger partial charge on any atom is -0.494 e. The number of Topliss-reactive ketones (excluding diaryl/α,β-unsaturated/α-hetero) is 1. The van der Waals surface area contributed by atoms with Crippen LogP contribution >= 0.6 is 0 Å². The van der Waals surface area contributed by atoms with Crippen molar-refractivity contribution in [2.45, 2.75) is 26.3 Å². The van der Waals surface area contributed by atoms with Crippen LogP contribution in [0, 0.1) is 0 Å². The summed E-state index contributed by atoms with van der Waals surface area (Å²) in [6, 6.07) is 12.3. The van der Waals surface area contributed by atoms with Crippen LogP contribution in [-0.4, -0.2) is 85.3 Å². The molecule has 2 aromatic rings. The van der Waals surface area contributed by atoms with Crippen LogP contribution in [0.3, 0.4) is 0 Å². The highest BCUT2D eigenvalue weighted by molar-refractivity contribution is 6.22. The lowest BCUT2D eigenvalue weighted by Crippen LogP contribution is -2.52. The Morgan fingerprint density at radius 1 is 0.889 bits per heavy atom.